The Morgan fingerprint density at radius 2 is 2.05 bits per heavy atom. The lowest BCUT2D eigenvalue weighted by atomic mass is 10.0. The van der Waals surface area contributed by atoms with Gasteiger partial charge < -0.3 is 5.32 Å². The van der Waals surface area contributed by atoms with Gasteiger partial charge in [-0.3, -0.25) is 4.68 Å². The molecule has 0 aliphatic heterocycles. The van der Waals surface area contributed by atoms with Crippen LogP contribution in [0.1, 0.15) is 19.4 Å². The molecule has 7 heteroatoms. The Labute approximate surface area is 132 Å². The molecule has 0 fully saturated rings. The molecule has 0 radical (unpaired) electrons. The first-order valence-electron chi connectivity index (χ1n) is 6.89. The lowest BCUT2D eigenvalue weighted by Gasteiger charge is -2.19. The summed E-state index contributed by atoms with van der Waals surface area (Å²) < 4.78 is 39.6. The highest BCUT2D eigenvalue weighted by Gasteiger charge is 2.35. The van der Waals surface area contributed by atoms with Crippen LogP contribution >= 0.6 is 11.6 Å². The second kappa shape index (κ2) is 6.20. The first kappa shape index (κ1) is 16.7. The summed E-state index contributed by atoms with van der Waals surface area (Å²) in [6.07, 6.45) is -2.71. The van der Waals surface area contributed by atoms with Crippen LogP contribution in [0.4, 0.5) is 18.9 Å². The van der Waals surface area contributed by atoms with Crippen molar-refractivity contribution < 1.29 is 13.2 Å². The normalized spacial score (nSPS) is 13.2. The summed E-state index contributed by atoms with van der Waals surface area (Å²) in [5, 5.41) is 7.16. The topological polar surface area (TPSA) is 29.9 Å². The number of rotatable bonds is 4. The van der Waals surface area contributed by atoms with E-state index in [2.05, 4.69) is 10.4 Å². The van der Waals surface area contributed by atoms with Crippen LogP contribution in [0.25, 0.3) is 11.3 Å². The Balaban J connectivity index is 2.33. The Bertz CT molecular complexity index is 665. The molecular formula is C15H17ClF3N3. The summed E-state index contributed by atoms with van der Waals surface area (Å²) in [6.45, 7) is 5.53. The second-order valence-electron chi connectivity index (χ2n) is 5.09. The van der Waals surface area contributed by atoms with Crippen LogP contribution in [-0.4, -0.2) is 22.0 Å². The van der Waals surface area contributed by atoms with Gasteiger partial charge in [0.25, 0.3) is 0 Å². The van der Waals surface area contributed by atoms with Crippen molar-refractivity contribution in [2.75, 3.05) is 5.32 Å². The van der Waals surface area contributed by atoms with Crippen molar-refractivity contribution >= 4 is 17.3 Å². The fraction of sp³-hybridized carbons (Fsp3) is 0.400. The summed E-state index contributed by atoms with van der Waals surface area (Å²) in [6, 6.07) is 3.45. The fourth-order valence-corrected chi connectivity index (χ4v) is 2.46. The quantitative estimate of drug-likeness (QED) is 0.864. The molecule has 1 aromatic carbocycles. The molecule has 1 aromatic heterocycles. The maximum Gasteiger partial charge on any atom is 0.408 e. The Morgan fingerprint density at radius 3 is 2.59 bits per heavy atom. The Hall–Kier alpha value is -1.69. The smallest absolute Gasteiger partial charge is 0.374 e. The van der Waals surface area contributed by atoms with Gasteiger partial charge in [-0.05, 0) is 38.5 Å². The van der Waals surface area contributed by atoms with Crippen LogP contribution in [0, 0.1) is 6.92 Å². The number of anilines is 1. The second-order valence-corrected chi connectivity index (χ2v) is 5.50. The van der Waals surface area contributed by atoms with E-state index in [9.17, 15) is 13.2 Å². The molecule has 1 heterocycles. The van der Waals surface area contributed by atoms with Gasteiger partial charge >= 0.3 is 6.18 Å². The number of aromatic nitrogens is 2. The van der Waals surface area contributed by atoms with E-state index in [0.717, 1.165) is 23.7 Å². The minimum absolute atomic E-state index is 0.421. The summed E-state index contributed by atoms with van der Waals surface area (Å²) in [7, 11) is 0. The van der Waals surface area contributed by atoms with Crippen LogP contribution in [0.15, 0.2) is 24.4 Å². The SMILES string of the molecule is CCn1ncc(Cl)c1-c1ccc(N[C@H](C)C(F)(F)F)cc1C. The molecule has 0 bridgehead atoms. The summed E-state index contributed by atoms with van der Waals surface area (Å²) in [4.78, 5) is 0. The zero-order valence-corrected chi connectivity index (χ0v) is 13.3. The highest BCUT2D eigenvalue weighted by atomic mass is 35.5. The van der Waals surface area contributed by atoms with Crippen LogP contribution in [0.2, 0.25) is 5.02 Å². The van der Waals surface area contributed by atoms with Crippen LogP contribution < -0.4 is 5.32 Å². The van der Waals surface area contributed by atoms with Crippen molar-refractivity contribution in [3.05, 3.63) is 35.0 Å². The fourth-order valence-electron chi connectivity index (χ4n) is 2.22. The van der Waals surface area contributed by atoms with Crippen molar-refractivity contribution in [2.45, 2.75) is 39.5 Å². The van der Waals surface area contributed by atoms with Crippen molar-refractivity contribution in [1.82, 2.24) is 9.78 Å². The monoisotopic (exact) mass is 331 g/mol. The minimum Gasteiger partial charge on any atom is -0.374 e. The van der Waals surface area contributed by atoms with Gasteiger partial charge in [0.05, 0.1) is 16.9 Å². The van der Waals surface area contributed by atoms with E-state index in [0.29, 0.717) is 17.3 Å². The van der Waals surface area contributed by atoms with E-state index in [1.54, 1.807) is 29.1 Å². The Morgan fingerprint density at radius 1 is 1.36 bits per heavy atom. The van der Waals surface area contributed by atoms with Gasteiger partial charge in [-0.25, -0.2) is 0 Å². The first-order valence-corrected chi connectivity index (χ1v) is 7.27. The molecule has 0 unspecified atom stereocenters. The minimum atomic E-state index is -4.28. The molecule has 22 heavy (non-hydrogen) atoms. The molecule has 1 N–H and O–H groups in total. The lowest BCUT2D eigenvalue weighted by Crippen LogP contribution is -2.33. The first-order chi connectivity index (χ1) is 10.2. The summed E-state index contributed by atoms with van der Waals surface area (Å²) in [5.74, 6) is 0. The average molecular weight is 332 g/mol. The average Bonchev–Trinajstić information content (AvgIpc) is 2.79. The van der Waals surface area contributed by atoms with Gasteiger partial charge in [-0.1, -0.05) is 17.7 Å². The molecule has 0 aliphatic carbocycles. The molecule has 2 aromatic rings. The number of alkyl halides is 3. The van der Waals surface area contributed by atoms with E-state index in [-0.39, 0.29) is 0 Å². The molecule has 0 amide bonds. The number of benzene rings is 1. The van der Waals surface area contributed by atoms with Crippen molar-refractivity contribution in [1.29, 1.82) is 0 Å². The number of aryl methyl sites for hydroxylation is 2. The Kier molecular flexibility index (Phi) is 4.70. The van der Waals surface area contributed by atoms with Gasteiger partial charge in [0.1, 0.15) is 6.04 Å². The molecule has 2 rings (SSSR count). The largest absolute Gasteiger partial charge is 0.408 e. The van der Waals surface area contributed by atoms with Crippen LogP contribution in [0.3, 0.4) is 0 Å². The third-order valence-corrected chi connectivity index (χ3v) is 3.73. The third-order valence-electron chi connectivity index (χ3n) is 3.45. The van der Waals surface area contributed by atoms with Gasteiger partial charge in [0.2, 0.25) is 0 Å². The molecule has 0 saturated heterocycles. The zero-order chi connectivity index (χ0) is 16.5. The number of nitrogens with zero attached hydrogens (tertiary/aromatic N) is 2. The predicted octanol–water partition coefficient (Wildman–Crippen LogP) is 4.89. The highest BCUT2D eigenvalue weighted by molar-refractivity contribution is 6.33. The molecule has 0 spiro atoms. The van der Waals surface area contributed by atoms with Gasteiger partial charge in [0.15, 0.2) is 0 Å². The molecular weight excluding hydrogens is 315 g/mol. The highest BCUT2D eigenvalue weighted by Crippen LogP contribution is 2.32. The van der Waals surface area contributed by atoms with Gasteiger partial charge in [-0.15, -0.1) is 0 Å². The summed E-state index contributed by atoms with van der Waals surface area (Å²) >= 11 is 6.17. The molecule has 120 valence electrons. The van der Waals surface area contributed by atoms with E-state index in [1.165, 1.54) is 0 Å². The van der Waals surface area contributed by atoms with E-state index >= 15 is 0 Å². The van der Waals surface area contributed by atoms with Crippen molar-refractivity contribution in [3.8, 4) is 11.3 Å². The van der Waals surface area contributed by atoms with E-state index in [4.69, 9.17) is 11.6 Å². The maximum absolute atomic E-state index is 12.6. The lowest BCUT2D eigenvalue weighted by molar-refractivity contribution is -0.138. The van der Waals surface area contributed by atoms with E-state index < -0.39 is 12.2 Å². The standard InChI is InChI=1S/C15H17ClF3N3/c1-4-22-14(13(16)8-20-22)12-6-5-11(7-9(12)2)21-10(3)15(17,18)19/h5-8,10,21H,4H2,1-3H3/t10-/m1/s1. The van der Waals surface area contributed by atoms with Gasteiger partial charge in [-0.2, -0.15) is 18.3 Å². The zero-order valence-electron chi connectivity index (χ0n) is 12.5. The van der Waals surface area contributed by atoms with Crippen molar-refractivity contribution in [3.63, 3.8) is 0 Å². The molecule has 0 saturated carbocycles. The molecule has 1 atom stereocenters. The number of halogens is 4. The number of hydrogen-bond acceptors (Lipinski definition) is 2. The number of hydrogen-bond donors (Lipinski definition) is 1. The summed E-state index contributed by atoms with van der Waals surface area (Å²) in [5.41, 5.74) is 2.88. The maximum atomic E-state index is 12.6. The van der Waals surface area contributed by atoms with Crippen LogP contribution in [-0.2, 0) is 6.54 Å². The van der Waals surface area contributed by atoms with Crippen molar-refractivity contribution in [2.24, 2.45) is 0 Å². The third kappa shape index (κ3) is 3.38. The molecule has 0 aliphatic rings. The van der Waals surface area contributed by atoms with Gasteiger partial charge in [0, 0.05) is 17.8 Å². The van der Waals surface area contributed by atoms with Crippen LogP contribution in [0.5, 0.6) is 0 Å². The molecule has 3 nitrogen and oxygen atoms in total. The van der Waals surface area contributed by atoms with E-state index in [1.807, 2.05) is 13.8 Å². The predicted molar refractivity (Wildman–Crippen MR) is 82.2 cm³/mol. The number of nitrogens with one attached hydrogen (secondary N) is 1.